The fraction of sp³-hybridized carbons (Fsp3) is 0.333. The molecular weight excluding hydrogens is 236 g/mol. The third kappa shape index (κ3) is 2.98. The van der Waals surface area contributed by atoms with E-state index < -0.39 is 17.8 Å². The summed E-state index contributed by atoms with van der Waals surface area (Å²) in [7, 11) is 0. The molecule has 96 valence electrons. The van der Waals surface area contributed by atoms with E-state index in [1.807, 2.05) is 30.3 Å². The lowest BCUT2D eigenvalue weighted by atomic mass is 10.1. The lowest BCUT2D eigenvalue weighted by Crippen LogP contribution is -2.60. The van der Waals surface area contributed by atoms with Gasteiger partial charge in [-0.3, -0.25) is 14.9 Å². The Labute approximate surface area is 104 Å². The maximum absolute atomic E-state index is 11.5. The molecule has 3 N–H and O–H groups in total. The number of para-hydroxylation sites is 1. The van der Waals surface area contributed by atoms with Gasteiger partial charge in [0.05, 0.1) is 0 Å². The lowest BCUT2D eigenvalue weighted by molar-refractivity contribution is -0.148. The van der Waals surface area contributed by atoms with Crippen molar-refractivity contribution in [3.8, 4) is 5.75 Å². The topological polar surface area (TPSA) is 87.7 Å². The van der Waals surface area contributed by atoms with E-state index in [0.29, 0.717) is 5.75 Å². The van der Waals surface area contributed by atoms with Crippen molar-refractivity contribution < 1.29 is 19.4 Å². The van der Waals surface area contributed by atoms with E-state index in [9.17, 15) is 9.59 Å². The standard InChI is InChI=1S/C12H14N2O4/c15-11-9(12(16)17)6-13-10(14-11)7-18-8-4-2-1-3-5-8/h1-5,9-10,13H,6-7H2,(H,14,15)(H,16,17). The summed E-state index contributed by atoms with van der Waals surface area (Å²) in [5, 5.41) is 14.2. The molecule has 0 spiro atoms. The molecule has 1 aliphatic heterocycles. The monoisotopic (exact) mass is 250 g/mol. The molecule has 0 bridgehead atoms. The van der Waals surface area contributed by atoms with Crippen LogP contribution >= 0.6 is 0 Å². The molecule has 1 amide bonds. The van der Waals surface area contributed by atoms with Crippen LogP contribution in [0.15, 0.2) is 30.3 Å². The number of rotatable bonds is 4. The SMILES string of the molecule is O=C(O)C1CNC(COc2ccccc2)NC1=O. The average molecular weight is 250 g/mol. The van der Waals surface area contributed by atoms with Gasteiger partial charge in [-0.15, -0.1) is 0 Å². The number of amides is 1. The van der Waals surface area contributed by atoms with Gasteiger partial charge >= 0.3 is 5.97 Å². The summed E-state index contributed by atoms with van der Waals surface area (Å²) in [5.74, 6) is -1.93. The zero-order valence-electron chi connectivity index (χ0n) is 9.63. The lowest BCUT2D eigenvalue weighted by Gasteiger charge is -2.28. The minimum Gasteiger partial charge on any atom is -0.490 e. The Hall–Kier alpha value is -2.08. The average Bonchev–Trinajstić information content (AvgIpc) is 2.37. The van der Waals surface area contributed by atoms with Crippen LogP contribution in [0.4, 0.5) is 0 Å². The van der Waals surface area contributed by atoms with E-state index in [-0.39, 0.29) is 19.3 Å². The largest absolute Gasteiger partial charge is 0.490 e. The van der Waals surface area contributed by atoms with Crippen LogP contribution in [-0.4, -0.2) is 36.3 Å². The maximum Gasteiger partial charge on any atom is 0.317 e. The van der Waals surface area contributed by atoms with Gasteiger partial charge in [0.25, 0.3) is 0 Å². The van der Waals surface area contributed by atoms with E-state index in [1.54, 1.807) is 0 Å². The third-order valence-corrected chi connectivity index (χ3v) is 2.66. The number of carbonyl (C=O) groups excluding carboxylic acids is 1. The molecule has 6 nitrogen and oxygen atoms in total. The number of hydrogen-bond acceptors (Lipinski definition) is 4. The van der Waals surface area contributed by atoms with Crippen molar-refractivity contribution in [2.75, 3.05) is 13.2 Å². The third-order valence-electron chi connectivity index (χ3n) is 2.66. The zero-order valence-corrected chi connectivity index (χ0v) is 9.63. The normalized spacial score (nSPS) is 23.2. The van der Waals surface area contributed by atoms with Gasteiger partial charge in [-0.25, -0.2) is 0 Å². The Bertz CT molecular complexity index is 435. The number of carbonyl (C=O) groups is 2. The van der Waals surface area contributed by atoms with Crippen LogP contribution in [0.3, 0.4) is 0 Å². The highest BCUT2D eigenvalue weighted by Gasteiger charge is 2.32. The van der Waals surface area contributed by atoms with Crippen LogP contribution < -0.4 is 15.4 Å². The highest BCUT2D eigenvalue weighted by atomic mass is 16.5. The van der Waals surface area contributed by atoms with E-state index in [4.69, 9.17) is 9.84 Å². The summed E-state index contributed by atoms with van der Waals surface area (Å²) in [6.45, 7) is 0.367. The maximum atomic E-state index is 11.5. The molecule has 0 radical (unpaired) electrons. The van der Waals surface area contributed by atoms with Crippen LogP contribution in [0.5, 0.6) is 5.75 Å². The van der Waals surface area contributed by atoms with Crippen molar-refractivity contribution in [3.63, 3.8) is 0 Å². The Morgan fingerprint density at radius 1 is 1.39 bits per heavy atom. The second-order valence-electron chi connectivity index (χ2n) is 3.98. The van der Waals surface area contributed by atoms with E-state index in [1.165, 1.54) is 0 Å². The number of nitrogens with one attached hydrogen (secondary N) is 2. The van der Waals surface area contributed by atoms with Crippen molar-refractivity contribution in [3.05, 3.63) is 30.3 Å². The van der Waals surface area contributed by atoms with Crippen molar-refractivity contribution in [1.82, 2.24) is 10.6 Å². The van der Waals surface area contributed by atoms with Crippen LogP contribution in [0.25, 0.3) is 0 Å². The van der Waals surface area contributed by atoms with Crippen molar-refractivity contribution in [2.24, 2.45) is 5.92 Å². The fourth-order valence-electron chi connectivity index (χ4n) is 1.67. The first kappa shape index (κ1) is 12.4. The Morgan fingerprint density at radius 3 is 2.72 bits per heavy atom. The first-order valence-electron chi connectivity index (χ1n) is 5.61. The number of ether oxygens (including phenoxy) is 1. The van der Waals surface area contributed by atoms with Crippen molar-refractivity contribution in [1.29, 1.82) is 0 Å². The molecule has 18 heavy (non-hydrogen) atoms. The van der Waals surface area contributed by atoms with Gasteiger partial charge in [0.15, 0.2) is 0 Å². The van der Waals surface area contributed by atoms with Crippen molar-refractivity contribution >= 4 is 11.9 Å². The Morgan fingerprint density at radius 2 is 2.11 bits per heavy atom. The molecule has 0 aliphatic carbocycles. The second kappa shape index (κ2) is 5.50. The molecule has 2 rings (SSSR count). The molecule has 1 aromatic rings. The summed E-state index contributed by atoms with van der Waals surface area (Å²) in [6, 6.07) is 9.20. The molecule has 0 saturated carbocycles. The number of hydrogen-bond donors (Lipinski definition) is 3. The first-order valence-corrected chi connectivity index (χ1v) is 5.61. The first-order chi connectivity index (χ1) is 8.66. The van der Waals surface area contributed by atoms with Gasteiger partial charge in [-0.1, -0.05) is 18.2 Å². The van der Waals surface area contributed by atoms with Gasteiger partial charge in [0, 0.05) is 6.54 Å². The summed E-state index contributed by atoms with van der Waals surface area (Å²) in [6.07, 6.45) is -0.367. The second-order valence-corrected chi connectivity index (χ2v) is 3.98. The minimum absolute atomic E-state index is 0.115. The van der Waals surface area contributed by atoms with Gasteiger partial charge < -0.3 is 15.2 Å². The molecule has 6 heteroatoms. The fourth-order valence-corrected chi connectivity index (χ4v) is 1.67. The number of carboxylic acids is 1. The molecule has 1 aliphatic rings. The number of aliphatic carboxylic acids is 1. The summed E-state index contributed by atoms with van der Waals surface area (Å²) < 4.78 is 5.46. The molecule has 0 aromatic heterocycles. The summed E-state index contributed by atoms with van der Waals surface area (Å²) >= 11 is 0. The quantitative estimate of drug-likeness (QED) is 0.645. The number of carboxylic acid groups (broad SMARTS) is 1. The molecule has 2 unspecified atom stereocenters. The van der Waals surface area contributed by atoms with E-state index >= 15 is 0 Å². The molecule has 1 fully saturated rings. The van der Waals surface area contributed by atoms with Crippen LogP contribution in [0, 0.1) is 5.92 Å². The predicted octanol–water partition coefficient (Wildman–Crippen LogP) is -0.188. The van der Waals surface area contributed by atoms with E-state index in [2.05, 4.69) is 10.6 Å². The van der Waals surface area contributed by atoms with Crippen molar-refractivity contribution in [2.45, 2.75) is 6.17 Å². The number of benzene rings is 1. The molecule has 1 heterocycles. The minimum atomic E-state index is -1.12. The Kier molecular flexibility index (Phi) is 3.78. The zero-order chi connectivity index (χ0) is 13.0. The summed E-state index contributed by atoms with van der Waals surface area (Å²) in [4.78, 5) is 22.2. The molecule has 1 aromatic carbocycles. The Balaban J connectivity index is 1.83. The summed E-state index contributed by atoms with van der Waals surface area (Å²) in [5.41, 5.74) is 0. The van der Waals surface area contributed by atoms with Gasteiger partial charge in [0.1, 0.15) is 24.4 Å². The molecule has 1 saturated heterocycles. The van der Waals surface area contributed by atoms with Crippen LogP contribution in [0.1, 0.15) is 0 Å². The van der Waals surface area contributed by atoms with E-state index in [0.717, 1.165) is 0 Å². The smallest absolute Gasteiger partial charge is 0.317 e. The van der Waals surface area contributed by atoms with Gasteiger partial charge in [-0.2, -0.15) is 0 Å². The van der Waals surface area contributed by atoms with Crippen LogP contribution in [0.2, 0.25) is 0 Å². The molecule has 2 atom stereocenters. The van der Waals surface area contributed by atoms with Crippen LogP contribution in [-0.2, 0) is 9.59 Å². The highest BCUT2D eigenvalue weighted by molar-refractivity contribution is 5.97. The van der Waals surface area contributed by atoms with Gasteiger partial charge in [0.2, 0.25) is 5.91 Å². The highest BCUT2D eigenvalue weighted by Crippen LogP contribution is 2.09. The molecular formula is C12H14N2O4. The predicted molar refractivity (Wildman–Crippen MR) is 63.0 cm³/mol. The van der Waals surface area contributed by atoms with Gasteiger partial charge in [-0.05, 0) is 12.1 Å².